The molecule has 0 bridgehead atoms. The van der Waals surface area contributed by atoms with Crippen LogP contribution in [-0.4, -0.2) is 39.0 Å². The van der Waals surface area contributed by atoms with Crippen molar-refractivity contribution in [3.05, 3.63) is 30.1 Å². The summed E-state index contributed by atoms with van der Waals surface area (Å²) >= 11 is 0. The van der Waals surface area contributed by atoms with Crippen molar-refractivity contribution in [3.8, 4) is 0 Å². The van der Waals surface area contributed by atoms with Gasteiger partial charge in [-0.05, 0) is 49.9 Å². The number of sulfonamides is 1. The highest BCUT2D eigenvalue weighted by atomic mass is 32.2. The molecule has 1 aliphatic carbocycles. The summed E-state index contributed by atoms with van der Waals surface area (Å²) in [5, 5.41) is 0. The van der Waals surface area contributed by atoms with Crippen LogP contribution >= 0.6 is 0 Å². The Labute approximate surface area is 131 Å². The average Bonchev–Trinajstić information content (AvgIpc) is 2.89. The van der Waals surface area contributed by atoms with E-state index in [1.165, 1.54) is 24.3 Å². The molecule has 1 saturated carbocycles. The van der Waals surface area contributed by atoms with E-state index in [1.54, 1.807) is 11.4 Å². The second-order valence-electron chi connectivity index (χ2n) is 6.38. The molecule has 2 fully saturated rings. The summed E-state index contributed by atoms with van der Waals surface area (Å²) in [6.45, 7) is 1.03. The van der Waals surface area contributed by atoms with Gasteiger partial charge in [-0.2, -0.15) is 4.31 Å². The number of rotatable bonds is 3. The smallest absolute Gasteiger partial charge is 0.243 e. The Morgan fingerprint density at radius 2 is 1.91 bits per heavy atom. The monoisotopic (exact) mass is 327 g/mol. The van der Waals surface area contributed by atoms with Crippen molar-refractivity contribution in [2.24, 2.45) is 5.41 Å². The number of benzene rings is 1. The van der Waals surface area contributed by atoms with Gasteiger partial charge in [-0.3, -0.25) is 0 Å². The number of halogens is 1. The highest BCUT2D eigenvalue weighted by Crippen LogP contribution is 2.47. The van der Waals surface area contributed by atoms with E-state index in [-0.39, 0.29) is 16.4 Å². The molecule has 1 aliphatic heterocycles. The lowest BCUT2D eigenvalue weighted by molar-refractivity contribution is -0.0184. The molecule has 0 N–H and O–H groups in total. The largest absolute Gasteiger partial charge is 0.381 e. The minimum absolute atomic E-state index is 0.0555. The Balaban J connectivity index is 1.86. The summed E-state index contributed by atoms with van der Waals surface area (Å²) in [6, 6.07) is 5.07. The van der Waals surface area contributed by atoms with Gasteiger partial charge in [0.15, 0.2) is 0 Å². The van der Waals surface area contributed by atoms with Crippen molar-refractivity contribution in [1.82, 2.24) is 4.31 Å². The van der Waals surface area contributed by atoms with Crippen LogP contribution in [0.15, 0.2) is 29.2 Å². The fourth-order valence-electron chi connectivity index (χ4n) is 4.02. The summed E-state index contributed by atoms with van der Waals surface area (Å²) in [5.41, 5.74) is -0.0555. The summed E-state index contributed by atoms with van der Waals surface area (Å²) in [7, 11) is -1.85. The molecule has 122 valence electrons. The number of methoxy groups -OCH3 is 1. The summed E-state index contributed by atoms with van der Waals surface area (Å²) < 4.78 is 45.8. The topological polar surface area (TPSA) is 46.6 Å². The average molecular weight is 327 g/mol. The zero-order valence-electron chi connectivity index (χ0n) is 12.8. The minimum atomic E-state index is -3.56. The number of piperidine rings is 1. The highest BCUT2D eigenvalue weighted by molar-refractivity contribution is 7.89. The number of hydrogen-bond donors (Lipinski definition) is 0. The van der Waals surface area contributed by atoms with Crippen molar-refractivity contribution in [3.63, 3.8) is 0 Å². The molecule has 4 nitrogen and oxygen atoms in total. The quantitative estimate of drug-likeness (QED) is 0.857. The maximum Gasteiger partial charge on any atom is 0.243 e. The van der Waals surface area contributed by atoms with Gasteiger partial charge in [0.1, 0.15) is 5.82 Å². The van der Waals surface area contributed by atoms with Crippen LogP contribution in [-0.2, 0) is 14.8 Å². The summed E-state index contributed by atoms with van der Waals surface area (Å²) in [6.07, 6.45) is 5.10. The fourth-order valence-corrected chi connectivity index (χ4v) is 5.59. The lowest BCUT2D eigenvalue weighted by Crippen LogP contribution is -2.49. The van der Waals surface area contributed by atoms with E-state index in [0.717, 1.165) is 32.1 Å². The lowest BCUT2D eigenvalue weighted by Gasteiger charge is -2.43. The first kappa shape index (κ1) is 15.9. The Morgan fingerprint density at radius 3 is 2.59 bits per heavy atom. The van der Waals surface area contributed by atoms with E-state index in [9.17, 15) is 12.8 Å². The van der Waals surface area contributed by atoms with E-state index in [4.69, 9.17) is 4.74 Å². The van der Waals surface area contributed by atoms with Gasteiger partial charge in [0.05, 0.1) is 11.0 Å². The Hall–Kier alpha value is -0.980. The Morgan fingerprint density at radius 1 is 1.23 bits per heavy atom. The molecule has 0 unspecified atom stereocenters. The molecule has 0 amide bonds. The maximum absolute atomic E-state index is 13.0. The Bertz CT molecular complexity index is 631. The van der Waals surface area contributed by atoms with Crippen LogP contribution in [0.4, 0.5) is 4.39 Å². The van der Waals surface area contributed by atoms with E-state index < -0.39 is 15.8 Å². The van der Waals surface area contributed by atoms with E-state index in [0.29, 0.717) is 13.1 Å². The summed E-state index contributed by atoms with van der Waals surface area (Å²) in [4.78, 5) is 0.165. The molecule has 3 rings (SSSR count). The highest BCUT2D eigenvalue weighted by Gasteiger charge is 2.48. The predicted molar refractivity (Wildman–Crippen MR) is 81.5 cm³/mol. The maximum atomic E-state index is 13.0. The van der Waals surface area contributed by atoms with Gasteiger partial charge in [0, 0.05) is 25.6 Å². The van der Waals surface area contributed by atoms with Gasteiger partial charge in [-0.1, -0.05) is 6.42 Å². The van der Waals surface area contributed by atoms with Crippen LogP contribution in [0.1, 0.15) is 32.1 Å². The molecule has 1 aromatic carbocycles. The second kappa shape index (κ2) is 5.91. The van der Waals surface area contributed by atoms with Crippen LogP contribution < -0.4 is 0 Å². The standard InChI is InChI=1S/C16H22FNO3S/c1-21-15-4-2-9-16(15)10-3-11-18(12-16)22(19,20)14-7-5-13(17)6-8-14/h5-8,15H,2-4,9-12H2,1H3/t15-,16+/m1/s1. The van der Waals surface area contributed by atoms with Crippen molar-refractivity contribution < 1.29 is 17.5 Å². The van der Waals surface area contributed by atoms with Crippen molar-refractivity contribution in [2.75, 3.05) is 20.2 Å². The van der Waals surface area contributed by atoms with Crippen molar-refractivity contribution in [1.29, 1.82) is 0 Å². The van der Waals surface area contributed by atoms with Gasteiger partial charge < -0.3 is 4.74 Å². The normalized spacial score (nSPS) is 30.0. The predicted octanol–water partition coefficient (Wildman–Crippen LogP) is 2.80. The zero-order chi connectivity index (χ0) is 15.8. The van der Waals surface area contributed by atoms with E-state index in [2.05, 4.69) is 0 Å². The third kappa shape index (κ3) is 2.68. The second-order valence-corrected chi connectivity index (χ2v) is 8.31. The molecule has 0 radical (unpaired) electrons. The van der Waals surface area contributed by atoms with Crippen molar-refractivity contribution in [2.45, 2.75) is 43.1 Å². The zero-order valence-corrected chi connectivity index (χ0v) is 13.6. The SMILES string of the molecule is CO[C@@H]1CCC[C@@]12CCCN(S(=O)(=O)c1ccc(F)cc1)C2. The van der Waals surface area contributed by atoms with Gasteiger partial charge >= 0.3 is 0 Å². The third-order valence-corrected chi connectivity index (χ3v) is 6.99. The molecule has 22 heavy (non-hydrogen) atoms. The molecule has 2 atom stereocenters. The summed E-state index contributed by atoms with van der Waals surface area (Å²) in [5.74, 6) is -0.427. The van der Waals surface area contributed by atoms with Crippen LogP contribution in [0.2, 0.25) is 0 Å². The van der Waals surface area contributed by atoms with E-state index in [1.807, 2.05) is 0 Å². The third-order valence-electron chi connectivity index (χ3n) is 5.13. The lowest BCUT2D eigenvalue weighted by atomic mass is 9.77. The number of nitrogens with zero attached hydrogens (tertiary/aromatic N) is 1. The molecule has 1 spiro atoms. The molecule has 1 heterocycles. The first-order chi connectivity index (χ1) is 10.5. The van der Waals surface area contributed by atoms with Gasteiger partial charge in [-0.25, -0.2) is 12.8 Å². The molecule has 6 heteroatoms. The van der Waals surface area contributed by atoms with Gasteiger partial charge in [-0.15, -0.1) is 0 Å². The Kier molecular flexibility index (Phi) is 4.27. The van der Waals surface area contributed by atoms with Crippen LogP contribution in [0, 0.1) is 11.2 Å². The molecule has 2 aliphatic rings. The number of hydrogen-bond acceptors (Lipinski definition) is 3. The molecular formula is C16H22FNO3S. The fraction of sp³-hybridized carbons (Fsp3) is 0.625. The van der Waals surface area contributed by atoms with Crippen LogP contribution in [0.5, 0.6) is 0 Å². The number of ether oxygens (including phenoxy) is 1. The van der Waals surface area contributed by atoms with Crippen LogP contribution in [0.3, 0.4) is 0 Å². The molecule has 1 aromatic rings. The minimum Gasteiger partial charge on any atom is -0.381 e. The van der Waals surface area contributed by atoms with Gasteiger partial charge in [0.2, 0.25) is 10.0 Å². The first-order valence-corrected chi connectivity index (χ1v) is 9.20. The van der Waals surface area contributed by atoms with Crippen LogP contribution in [0.25, 0.3) is 0 Å². The molecule has 0 aromatic heterocycles. The van der Waals surface area contributed by atoms with Crippen molar-refractivity contribution >= 4 is 10.0 Å². The molecule has 1 saturated heterocycles. The first-order valence-electron chi connectivity index (χ1n) is 7.76. The van der Waals surface area contributed by atoms with Gasteiger partial charge in [0.25, 0.3) is 0 Å². The molecular weight excluding hydrogens is 305 g/mol. The van der Waals surface area contributed by atoms with E-state index >= 15 is 0 Å².